The summed E-state index contributed by atoms with van der Waals surface area (Å²) >= 11 is 0. The molecule has 0 unspecified atom stereocenters. The molecule has 0 saturated carbocycles. The maximum atomic E-state index is 12.6. The summed E-state index contributed by atoms with van der Waals surface area (Å²) in [4.78, 5) is 24.8. The summed E-state index contributed by atoms with van der Waals surface area (Å²) in [6, 6.07) is 11.2. The average molecular weight is 472 g/mol. The van der Waals surface area contributed by atoms with Crippen molar-refractivity contribution in [2.45, 2.75) is 19.9 Å². The molecule has 2 amide bonds. The van der Waals surface area contributed by atoms with Gasteiger partial charge in [0, 0.05) is 19.3 Å². The maximum absolute atomic E-state index is 12.6. The quantitative estimate of drug-likeness (QED) is 0.206. The predicted molar refractivity (Wildman–Crippen MR) is 129 cm³/mol. The van der Waals surface area contributed by atoms with Crippen LogP contribution in [0.2, 0.25) is 0 Å². The molecule has 0 saturated heterocycles. The van der Waals surface area contributed by atoms with E-state index in [9.17, 15) is 9.59 Å². The third-order valence-electron chi connectivity index (χ3n) is 5.06. The fourth-order valence-electron chi connectivity index (χ4n) is 3.15. The highest BCUT2D eigenvalue weighted by Gasteiger charge is 2.20. The van der Waals surface area contributed by atoms with Gasteiger partial charge in [0.25, 0.3) is 11.8 Å². The van der Waals surface area contributed by atoms with Gasteiger partial charge in [-0.2, -0.15) is 0 Å². The van der Waals surface area contributed by atoms with Gasteiger partial charge in [0.2, 0.25) is 5.75 Å². The smallest absolute Gasteiger partial charge is 0.268 e. The molecule has 0 aliphatic heterocycles. The first-order valence-electron chi connectivity index (χ1n) is 10.8. The van der Waals surface area contributed by atoms with Crippen molar-refractivity contribution in [3.05, 3.63) is 65.0 Å². The summed E-state index contributed by atoms with van der Waals surface area (Å²) in [5, 5.41) is 6.73. The standard InChI is InChI=1S/C24H33N5O5/c1-5-16-6-8-17(9-7-16)14-28-24(31)19(25)15-29(26)13-12-27-23(30)18-10-11-20(32-2)22(34-4)21(18)33-3/h6-11,15H,5,12-14,25-26H2,1-4H3,(H,27,30)(H,28,31)/b19-15-. The van der Waals surface area contributed by atoms with E-state index >= 15 is 0 Å². The summed E-state index contributed by atoms with van der Waals surface area (Å²) in [7, 11) is 4.40. The highest BCUT2D eigenvalue weighted by Crippen LogP contribution is 2.39. The van der Waals surface area contributed by atoms with Crippen LogP contribution in [0.1, 0.15) is 28.4 Å². The molecular weight excluding hydrogens is 438 g/mol. The minimum atomic E-state index is -0.436. The van der Waals surface area contributed by atoms with Crippen molar-refractivity contribution in [3.63, 3.8) is 0 Å². The van der Waals surface area contributed by atoms with Gasteiger partial charge in [-0.3, -0.25) is 9.59 Å². The topological polar surface area (TPSA) is 141 Å². The van der Waals surface area contributed by atoms with Crippen molar-refractivity contribution in [1.82, 2.24) is 15.6 Å². The zero-order valence-electron chi connectivity index (χ0n) is 20.0. The zero-order valence-corrected chi connectivity index (χ0v) is 20.0. The number of hydrogen-bond donors (Lipinski definition) is 4. The molecule has 6 N–H and O–H groups in total. The maximum Gasteiger partial charge on any atom is 0.268 e. The van der Waals surface area contributed by atoms with Crippen molar-refractivity contribution < 1.29 is 23.8 Å². The molecule has 34 heavy (non-hydrogen) atoms. The van der Waals surface area contributed by atoms with Crippen molar-refractivity contribution in [1.29, 1.82) is 0 Å². The molecule has 0 fully saturated rings. The van der Waals surface area contributed by atoms with Crippen molar-refractivity contribution in [2.75, 3.05) is 34.4 Å². The molecule has 10 nitrogen and oxygen atoms in total. The van der Waals surface area contributed by atoms with Gasteiger partial charge in [0.05, 0.1) is 33.4 Å². The number of nitrogens with one attached hydrogen (secondary N) is 2. The van der Waals surface area contributed by atoms with Crippen molar-refractivity contribution >= 4 is 11.8 Å². The van der Waals surface area contributed by atoms with E-state index in [-0.39, 0.29) is 36.0 Å². The highest BCUT2D eigenvalue weighted by molar-refractivity contribution is 5.98. The SMILES string of the molecule is CCc1ccc(CNC(=O)/C(N)=C/N(N)CCNC(=O)c2ccc(OC)c(OC)c2OC)cc1. The molecule has 0 aliphatic carbocycles. The lowest BCUT2D eigenvalue weighted by Gasteiger charge is -2.17. The second-order valence-electron chi connectivity index (χ2n) is 7.31. The third-order valence-corrected chi connectivity index (χ3v) is 5.06. The lowest BCUT2D eigenvalue weighted by Crippen LogP contribution is -2.38. The molecule has 0 atom stereocenters. The Morgan fingerprint density at radius 2 is 1.59 bits per heavy atom. The summed E-state index contributed by atoms with van der Waals surface area (Å²) in [6.07, 6.45) is 2.27. The summed E-state index contributed by atoms with van der Waals surface area (Å²) in [5.41, 5.74) is 8.28. The first-order chi connectivity index (χ1) is 16.3. The summed E-state index contributed by atoms with van der Waals surface area (Å²) in [6.45, 7) is 2.85. The minimum Gasteiger partial charge on any atom is -0.493 e. The van der Waals surface area contributed by atoms with Crippen LogP contribution in [-0.4, -0.2) is 51.2 Å². The van der Waals surface area contributed by atoms with E-state index in [1.54, 1.807) is 12.1 Å². The Kier molecular flexibility index (Phi) is 10.0. The van der Waals surface area contributed by atoms with Crippen LogP contribution in [0.3, 0.4) is 0 Å². The normalized spacial score (nSPS) is 10.9. The summed E-state index contributed by atoms with van der Waals surface area (Å²) < 4.78 is 15.9. The van der Waals surface area contributed by atoms with Crippen molar-refractivity contribution in [2.24, 2.45) is 11.6 Å². The molecule has 0 aromatic heterocycles. The number of carbonyl (C=O) groups is 2. The number of benzene rings is 2. The Balaban J connectivity index is 1.87. The minimum absolute atomic E-state index is 0.0411. The van der Waals surface area contributed by atoms with E-state index in [2.05, 4.69) is 17.6 Å². The number of carbonyl (C=O) groups excluding carboxylic acids is 2. The zero-order chi connectivity index (χ0) is 25.1. The van der Waals surface area contributed by atoms with Gasteiger partial charge >= 0.3 is 0 Å². The van der Waals surface area contributed by atoms with E-state index in [1.807, 2.05) is 24.3 Å². The van der Waals surface area contributed by atoms with Gasteiger partial charge in [0.15, 0.2) is 11.5 Å². The largest absolute Gasteiger partial charge is 0.493 e. The first kappa shape index (κ1) is 26.3. The van der Waals surface area contributed by atoms with Crippen LogP contribution in [0.4, 0.5) is 0 Å². The Labute approximate surface area is 199 Å². The number of nitrogens with two attached hydrogens (primary N) is 2. The van der Waals surface area contributed by atoms with Crippen LogP contribution in [-0.2, 0) is 17.8 Å². The van der Waals surface area contributed by atoms with E-state index in [0.717, 1.165) is 12.0 Å². The Hall–Kier alpha value is -3.92. The molecule has 0 radical (unpaired) electrons. The fraction of sp³-hybridized carbons (Fsp3) is 0.333. The Morgan fingerprint density at radius 3 is 2.18 bits per heavy atom. The third kappa shape index (κ3) is 7.04. The molecule has 2 rings (SSSR count). The number of amides is 2. The molecule has 2 aromatic carbocycles. The van der Waals surface area contributed by atoms with Crippen LogP contribution >= 0.6 is 0 Å². The summed E-state index contributed by atoms with van der Waals surface area (Å²) in [5.74, 6) is 6.11. The molecular formula is C24H33N5O5. The van der Waals surface area contributed by atoms with Crippen LogP contribution in [0.5, 0.6) is 17.2 Å². The highest BCUT2D eigenvalue weighted by atomic mass is 16.5. The number of nitrogens with zero attached hydrogens (tertiary/aromatic N) is 1. The molecule has 0 aliphatic rings. The number of methoxy groups -OCH3 is 3. The molecule has 0 heterocycles. The number of aryl methyl sites for hydroxylation is 1. The molecule has 2 aromatic rings. The van der Waals surface area contributed by atoms with Gasteiger partial charge in [-0.1, -0.05) is 31.2 Å². The lowest BCUT2D eigenvalue weighted by atomic mass is 10.1. The van der Waals surface area contributed by atoms with Crippen molar-refractivity contribution in [3.8, 4) is 17.2 Å². The van der Waals surface area contributed by atoms with Crippen LogP contribution in [0.25, 0.3) is 0 Å². The Bertz CT molecular complexity index is 1010. The predicted octanol–water partition coefficient (Wildman–Crippen LogP) is 1.30. The molecule has 10 heteroatoms. The number of hydrogen-bond acceptors (Lipinski definition) is 8. The van der Waals surface area contributed by atoms with Gasteiger partial charge in [-0.05, 0) is 29.7 Å². The number of rotatable bonds is 12. The number of ether oxygens (including phenoxy) is 3. The second-order valence-corrected chi connectivity index (χ2v) is 7.31. The van der Waals surface area contributed by atoms with E-state index in [0.29, 0.717) is 18.0 Å². The lowest BCUT2D eigenvalue weighted by molar-refractivity contribution is -0.117. The average Bonchev–Trinajstić information content (AvgIpc) is 2.86. The molecule has 184 valence electrons. The Morgan fingerprint density at radius 1 is 0.941 bits per heavy atom. The first-order valence-corrected chi connectivity index (χ1v) is 10.8. The van der Waals surface area contributed by atoms with Gasteiger partial charge in [-0.15, -0.1) is 0 Å². The second kappa shape index (κ2) is 12.9. The van der Waals surface area contributed by atoms with Gasteiger partial charge in [0.1, 0.15) is 5.70 Å². The van der Waals surface area contributed by atoms with Gasteiger partial charge < -0.3 is 35.6 Å². The van der Waals surface area contributed by atoms with Crippen LogP contribution < -0.4 is 36.4 Å². The monoisotopic (exact) mass is 471 g/mol. The van der Waals surface area contributed by atoms with E-state index in [1.165, 1.54) is 38.1 Å². The van der Waals surface area contributed by atoms with E-state index < -0.39 is 5.91 Å². The molecule has 0 spiro atoms. The molecule has 0 bridgehead atoms. The van der Waals surface area contributed by atoms with Crippen LogP contribution in [0.15, 0.2) is 48.3 Å². The van der Waals surface area contributed by atoms with E-state index in [4.69, 9.17) is 25.8 Å². The fourth-order valence-corrected chi connectivity index (χ4v) is 3.15. The van der Waals surface area contributed by atoms with Crippen LogP contribution in [0, 0.1) is 0 Å². The number of hydrazine groups is 1. The van der Waals surface area contributed by atoms with Gasteiger partial charge in [-0.25, -0.2) is 5.84 Å².